The first-order chi connectivity index (χ1) is 14.6. The van der Waals surface area contributed by atoms with E-state index >= 15 is 0 Å². The summed E-state index contributed by atoms with van der Waals surface area (Å²) in [5, 5.41) is 0. The quantitative estimate of drug-likeness (QED) is 0.339. The molecule has 2 heteroatoms. The summed E-state index contributed by atoms with van der Waals surface area (Å²) in [6, 6.07) is 28.5. The van der Waals surface area contributed by atoms with Crippen molar-refractivity contribution in [2.75, 3.05) is 6.61 Å². The predicted molar refractivity (Wildman–Crippen MR) is 128 cm³/mol. The number of para-hydroxylation sites is 1. The summed E-state index contributed by atoms with van der Waals surface area (Å²) in [6.45, 7) is 7.52. The fraction of sp³-hybridized carbons (Fsp3) is 0.286. The molecule has 1 unspecified atom stereocenters. The van der Waals surface area contributed by atoms with Crippen molar-refractivity contribution < 1.29 is 4.74 Å². The summed E-state index contributed by atoms with van der Waals surface area (Å²) in [5.74, 6) is 4.18. The van der Waals surface area contributed by atoms with Gasteiger partial charge in [-0.1, -0.05) is 75.7 Å². The molecule has 0 bridgehead atoms. The Morgan fingerprint density at radius 1 is 0.833 bits per heavy atom. The van der Waals surface area contributed by atoms with E-state index in [1.165, 1.54) is 12.8 Å². The van der Waals surface area contributed by atoms with Crippen LogP contribution in [-0.2, 0) is 0 Å². The molecule has 0 aromatic heterocycles. The molecule has 0 heterocycles. The van der Waals surface area contributed by atoms with Crippen LogP contribution < -0.4 is 4.74 Å². The second-order valence-corrected chi connectivity index (χ2v) is 8.03. The lowest BCUT2D eigenvalue weighted by Gasteiger charge is -2.27. The zero-order chi connectivity index (χ0) is 21.2. The van der Waals surface area contributed by atoms with E-state index in [-0.39, 0.29) is 5.41 Å². The molecule has 3 rings (SSSR count). The summed E-state index contributed by atoms with van der Waals surface area (Å²) >= 11 is 0. The first kappa shape index (κ1) is 21.6. The number of ether oxygens (including phenoxy) is 1. The Morgan fingerprint density at radius 3 is 2.03 bits per heavy atom. The fourth-order valence-electron chi connectivity index (χ4n) is 3.45. The van der Waals surface area contributed by atoms with Gasteiger partial charge < -0.3 is 4.74 Å². The topological polar surface area (TPSA) is 21.6 Å². The zero-order valence-electron chi connectivity index (χ0n) is 18.3. The lowest BCUT2D eigenvalue weighted by molar-refractivity contribution is 0.145. The normalized spacial score (nSPS) is 12.5. The van der Waals surface area contributed by atoms with Gasteiger partial charge in [0.1, 0.15) is 5.75 Å². The highest BCUT2D eigenvalue weighted by Crippen LogP contribution is 2.29. The minimum absolute atomic E-state index is 0.227. The van der Waals surface area contributed by atoms with Crippen LogP contribution in [0.25, 0.3) is 5.57 Å². The standard InChI is InChI=1S/C28H31NO/c1-4-20-28(3,5-2)22-30-26-18-16-24(17-19-26)27(23-12-8-6-9-13-23)21-29-25-14-10-7-11-15-25/h6-19H,4-5,20,22H2,1-3H3. The maximum absolute atomic E-state index is 6.13. The Kier molecular flexibility index (Phi) is 7.65. The van der Waals surface area contributed by atoms with E-state index in [4.69, 9.17) is 4.74 Å². The average molecular weight is 398 g/mol. The van der Waals surface area contributed by atoms with Crippen molar-refractivity contribution >= 4 is 17.1 Å². The monoisotopic (exact) mass is 397 g/mol. The highest BCUT2D eigenvalue weighted by molar-refractivity contribution is 5.99. The van der Waals surface area contributed by atoms with Crippen molar-refractivity contribution in [3.05, 3.63) is 96.1 Å². The Hall–Kier alpha value is -3.09. The molecular weight excluding hydrogens is 366 g/mol. The van der Waals surface area contributed by atoms with E-state index in [0.29, 0.717) is 0 Å². The molecule has 30 heavy (non-hydrogen) atoms. The van der Waals surface area contributed by atoms with E-state index in [1.807, 2.05) is 60.7 Å². The van der Waals surface area contributed by atoms with Crippen molar-refractivity contribution in [3.63, 3.8) is 0 Å². The van der Waals surface area contributed by atoms with Gasteiger partial charge >= 0.3 is 0 Å². The third kappa shape index (κ3) is 5.95. The van der Waals surface area contributed by atoms with Gasteiger partial charge in [0, 0.05) is 5.41 Å². The molecular formula is C28H31NO. The number of benzene rings is 3. The fourth-order valence-corrected chi connectivity index (χ4v) is 3.45. The van der Waals surface area contributed by atoms with Crippen LogP contribution in [0.1, 0.15) is 51.2 Å². The van der Waals surface area contributed by atoms with Gasteiger partial charge in [-0.2, -0.15) is 0 Å². The van der Waals surface area contributed by atoms with E-state index in [1.54, 1.807) is 0 Å². The molecule has 3 aromatic rings. The van der Waals surface area contributed by atoms with Gasteiger partial charge in [0.15, 0.2) is 0 Å². The van der Waals surface area contributed by atoms with Crippen LogP contribution in [0.2, 0.25) is 0 Å². The second-order valence-electron chi connectivity index (χ2n) is 8.03. The van der Waals surface area contributed by atoms with Gasteiger partial charge in [0.25, 0.3) is 0 Å². The molecule has 0 aliphatic rings. The van der Waals surface area contributed by atoms with Crippen LogP contribution in [0.5, 0.6) is 5.75 Å². The minimum atomic E-state index is 0.227. The van der Waals surface area contributed by atoms with Crippen LogP contribution in [0.15, 0.2) is 89.9 Å². The van der Waals surface area contributed by atoms with Crippen LogP contribution in [-0.4, -0.2) is 12.5 Å². The Morgan fingerprint density at radius 2 is 1.43 bits per heavy atom. The van der Waals surface area contributed by atoms with Gasteiger partial charge in [0.05, 0.1) is 17.9 Å². The summed E-state index contributed by atoms with van der Waals surface area (Å²) in [7, 11) is 0. The predicted octanol–water partition coefficient (Wildman–Crippen LogP) is 7.71. The Bertz CT molecular complexity index is 970. The number of hydrogen-bond donors (Lipinski definition) is 0. The third-order valence-electron chi connectivity index (χ3n) is 5.55. The molecule has 0 fully saturated rings. The largest absolute Gasteiger partial charge is 0.493 e. The van der Waals surface area contributed by atoms with Crippen molar-refractivity contribution in [1.29, 1.82) is 0 Å². The SMILES string of the molecule is CCCC(C)(CC)COc1ccc(C(=C=Nc2ccccc2)c2ccccc2)cc1. The molecule has 0 aliphatic heterocycles. The van der Waals surface area contributed by atoms with Gasteiger partial charge in [-0.25, -0.2) is 4.99 Å². The summed E-state index contributed by atoms with van der Waals surface area (Å²) in [6.07, 6.45) is 3.48. The van der Waals surface area contributed by atoms with E-state index in [0.717, 1.165) is 41.2 Å². The molecule has 2 nitrogen and oxygen atoms in total. The molecule has 3 aromatic carbocycles. The number of rotatable bonds is 9. The van der Waals surface area contributed by atoms with Gasteiger partial charge in [-0.3, -0.25) is 0 Å². The van der Waals surface area contributed by atoms with Gasteiger partial charge in [0.2, 0.25) is 0 Å². The van der Waals surface area contributed by atoms with Crippen LogP contribution in [0.4, 0.5) is 5.69 Å². The van der Waals surface area contributed by atoms with Gasteiger partial charge in [-0.05, 0) is 66.2 Å². The summed E-state index contributed by atoms with van der Waals surface area (Å²) < 4.78 is 6.13. The smallest absolute Gasteiger partial charge is 0.119 e. The molecule has 0 saturated heterocycles. The first-order valence-corrected chi connectivity index (χ1v) is 10.8. The Balaban J connectivity index is 1.85. The molecule has 1 atom stereocenters. The van der Waals surface area contributed by atoms with Gasteiger partial charge in [-0.15, -0.1) is 0 Å². The summed E-state index contributed by atoms with van der Waals surface area (Å²) in [5.41, 5.74) is 4.24. The van der Waals surface area contributed by atoms with Crippen molar-refractivity contribution in [3.8, 4) is 5.75 Å². The van der Waals surface area contributed by atoms with E-state index in [2.05, 4.69) is 55.9 Å². The molecule has 0 aliphatic carbocycles. The molecule has 0 saturated carbocycles. The highest BCUT2D eigenvalue weighted by Gasteiger charge is 2.21. The first-order valence-electron chi connectivity index (χ1n) is 10.8. The van der Waals surface area contributed by atoms with Crippen LogP contribution in [0.3, 0.4) is 0 Å². The summed E-state index contributed by atoms with van der Waals surface area (Å²) in [4.78, 5) is 4.56. The molecule has 0 spiro atoms. The van der Waals surface area contributed by atoms with E-state index < -0.39 is 0 Å². The molecule has 0 radical (unpaired) electrons. The number of hydrogen-bond acceptors (Lipinski definition) is 2. The van der Waals surface area contributed by atoms with Crippen molar-refractivity contribution in [1.82, 2.24) is 0 Å². The lowest BCUT2D eigenvalue weighted by atomic mass is 9.84. The maximum Gasteiger partial charge on any atom is 0.119 e. The van der Waals surface area contributed by atoms with Crippen LogP contribution in [0, 0.1) is 5.41 Å². The molecule has 0 amide bonds. The molecule has 154 valence electrons. The second kappa shape index (κ2) is 10.6. The number of nitrogens with zero attached hydrogens (tertiary/aromatic N) is 1. The van der Waals surface area contributed by atoms with Crippen molar-refractivity contribution in [2.45, 2.75) is 40.0 Å². The maximum atomic E-state index is 6.13. The lowest BCUT2D eigenvalue weighted by Crippen LogP contribution is -2.24. The van der Waals surface area contributed by atoms with Crippen molar-refractivity contribution in [2.24, 2.45) is 10.4 Å². The van der Waals surface area contributed by atoms with E-state index in [9.17, 15) is 0 Å². The minimum Gasteiger partial charge on any atom is -0.493 e. The van der Waals surface area contributed by atoms with Crippen LogP contribution >= 0.6 is 0 Å². The number of aliphatic imine (C=N–C) groups is 1. The molecule has 0 N–H and O–H groups in total. The third-order valence-corrected chi connectivity index (χ3v) is 5.55. The Labute approximate surface area is 181 Å². The zero-order valence-corrected chi connectivity index (χ0v) is 18.3. The average Bonchev–Trinajstić information content (AvgIpc) is 2.80. The highest BCUT2D eigenvalue weighted by atomic mass is 16.5.